The molecule has 0 saturated carbocycles. The summed E-state index contributed by atoms with van der Waals surface area (Å²) in [6, 6.07) is 1.90. The number of hydrogen-bond acceptors (Lipinski definition) is 3. The van der Waals surface area contributed by atoms with E-state index in [0.717, 1.165) is 24.2 Å². The number of pyridine rings is 1. The predicted molar refractivity (Wildman–Crippen MR) is 75.5 cm³/mol. The maximum absolute atomic E-state index is 5.70. The molecular weight excluding hydrogens is 262 g/mol. The van der Waals surface area contributed by atoms with Gasteiger partial charge in [-0.25, -0.2) is 0 Å². The van der Waals surface area contributed by atoms with E-state index < -0.39 is 0 Å². The molecule has 1 fully saturated rings. The van der Waals surface area contributed by atoms with Crippen molar-refractivity contribution in [3.05, 3.63) is 24.0 Å². The number of halogens is 1. The van der Waals surface area contributed by atoms with Gasteiger partial charge in [-0.1, -0.05) is 11.8 Å². The molecule has 0 bridgehead atoms. The number of nitrogens with zero attached hydrogens (tertiary/aromatic N) is 1. The number of rotatable bonds is 4. The largest absolute Gasteiger partial charge is 0.489 e. The highest BCUT2D eigenvalue weighted by atomic mass is 35.5. The van der Waals surface area contributed by atoms with Gasteiger partial charge in [0.05, 0.1) is 18.4 Å². The van der Waals surface area contributed by atoms with Gasteiger partial charge in [0, 0.05) is 24.1 Å². The molecule has 19 heavy (non-hydrogen) atoms. The van der Waals surface area contributed by atoms with Crippen molar-refractivity contribution >= 4 is 11.6 Å². The van der Waals surface area contributed by atoms with Crippen molar-refractivity contribution in [3.8, 4) is 17.6 Å². The van der Waals surface area contributed by atoms with Crippen molar-refractivity contribution in [2.45, 2.75) is 38.4 Å². The van der Waals surface area contributed by atoms with E-state index in [-0.39, 0.29) is 6.10 Å². The molecule has 0 aromatic carbocycles. The van der Waals surface area contributed by atoms with Crippen LogP contribution in [0.4, 0.5) is 0 Å². The second-order valence-electron chi connectivity index (χ2n) is 4.61. The van der Waals surface area contributed by atoms with Crippen LogP contribution < -0.4 is 4.74 Å². The SMILES string of the molecule is CC1CCC(COc2cncc(C#CCCCl)c2)O1. The van der Waals surface area contributed by atoms with Gasteiger partial charge in [-0.15, -0.1) is 11.6 Å². The first-order valence-corrected chi connectivity index (χ1v) is 7.09. The molecule has 2 atom stereocenters. The summed E-state index contributed by atoms with van der Waals surface area (Å²) in [5, 5.41) is 0. The summed E-state index contributed by atoms with van der Waals surface area (Å²) < 4.78 is 11.4. The van der Waals surface area contributed by atoms with Crippen molar-refractivity contribution in [2.24, 2.45) is 0 Å². The summed E-state index contributed by atoms with van der Waals surface area (Å²) in [5.74, 6) is 7.28. The summed E-state index contributed by atoms with van der Waals surface area (Å²) in [7, 11) is 0. The van der Waals surface area contributed by atoms with Crippen LogP contribution in [-0.4, -0.2) is 29.7 Å². The summed E-state index contributed by atoms with van der Waals surface area (Å²) >= 11 is 5.58. The van der Waals surface area contributed by atoms with E-state index in [4.69, 9.17) is 21.1 Å². The smallest absolute Gasteiger partial charge is 0.138 e. The Morgan fingerprint density at radius 3 is 3.11 bits per heavy atom. The first-order chi connectivity index (χ1) is 9.28. The van der Waals surface area contributed by atoms with E-state index >= 15 is 0 Å². The summed E-state index contributed by atoms with van der Waals surface area (Å²) in [6.07, 6.45) is 6.81. The lowest BCUT2D eigenvalue weighted by molar-refractivity contribution is 0.0264. The van der Waals surface area contributed by atoms with Gasteiger partial charge >= 0.3 is 0 Å². The van der Waals surface area contributed by atoms with Gasteiger partial charge in [-0.3, -0.25) is 4.98 Å². The minimum atomic E-state index is 0.195. The molecule has 2 unspecified atom stereocenters. The molecule has 1 aromatic rings. The highest BCUT2D eigenvalue weighted by Crippen LogP contribution is 2.20. The Morgan fingerprint density at radius 1 is 1.47 bits per heavy atom. The lowest BCUT2D eigenvalue weighted by atomic mass is 10.2. The molecule has 0 spiro atoms. The number of alkyl halides is 1. The van der Waals surface area contributed by atoms with E-state index in [1.807, 2.05) is 6.07 Å². The van der Waals surface area contributed by atoms with Gasteiger partial charge in [0.15, 0.2) is 0 Å². The molecule has 4 heteroatoms. The predicted octanol–water partition coefficient (Wildman–Crippen LogP) is 3.01. The Hall–Kier alpha value is -1.24. The van der Waals surface area contributed by atoms with Gasteiger partial charge in [0.1, 0.15) is 12.4 Å². The van der Waals surface area contributed by atoms with E-state index in [1.165, 1.54) is 0 Å². The molecule has 1 aromatic heterocycles. The number of aromatic nitrogens is 1. The average molecular weight is 280 g/mol. The zero-order valence-electron chi connectivity index (χ0n) is 11.1. The van der Waals surface area contributed by atoms with E-state index in [2.05, 4.69) is 23.7 Å². The minimum Gasteiger partial charge on any atom is -0.489 e. The van der Waals surface area contributed by atoms with E-state index in [9.17, 15) is 0 Å². The Morgan fingerprint density at radius 2 is 2.37 bits per heavy atom. The first-order valence-electron chi connectivity index (χ1n) is 6.56. The molecule has 102 valence electrons. The number of ether oxygens (including phenoxy) is 2. The van der Waals surface area contributed by atoms with Crippen LogP contribution in [0.2, 0.25) is 0 Å². The third kappa shape index (κ3) is 4.74. The molecular formula is C15H18ClNO2. The Balaban J connectivity index is 1.87. The molecule has 0 aliphatic carbocycles. The van der Waals surface area contributed by atoms with Gasteiger partial charge in [0.25, 0.3) is 0 Å². The Kier molecular flexibility index (Phi) is 5.50. The van der Waals surface area contributed by atoms with Gasteiger partial charge < -0.3 is 9.47 Å². The molecule has 3 nitrogen and oxygen atoms in total. The van der Waals surface area contributed by atoms with E-state index in [1.54, 1.807) is 12.4 Å². The fourth-order valence-electron chi connectivity index (χ4n) is 1.97. The van der Waals surface area contributed by atoms with Crippen molar-refractivity contribution in [1.82, 2.24) is 4.98 Å². The maximum Gasteiger partial charge on any atom is 0.138 e. The molecule has 0 radical (unpaired) electrons. The van der Waals surface area contributed by atoms with Crippen LogP contribution in [0.3, 0.4) is 0 Å². The topological polar surface area (TPSA) is 31.4 Å². The van der Waals surface area contributed by atoms with Crippen LogP contribution >= 0.6 is 11.6 Å². The average Bonchev–Trinajstić information content (AvgIpc) is 2.83. The molecule has 1 aliphatic rings. The zero-order chi connectivity index (χ0) is 13.5. The lowest BCUT2D eigenvalue weighted by Crippen LogP contribution is -2.17. The monoisotopic (exact) mass is 279 g/mol. The van der Waals surface area contributed by atoms with Crippen molar-refractivity contribution in [2.75, 3.05) is 12.5 Å². The fourth-order valence-corrected chi connectivity index (χ4v) is 2.07. The first kappa shape index (κ1) is 14.2. The maximum atomic E-state index is 5.70. The Labute approximate surface area is 119 Å². The molecule has 2 heterocycles. The molecule has 1 saturated heterocycles. The summed E-state index contributed by atoms with van der Waals surface area (Å²) in [6.45, 7) is 2.67. The van der Waals surface area contributed by atoms with Crippen LogP contribution in [-0.2, 0) is 4.74 Å². The minimum absolute atomic E-state index is 0.195. The van der Waals surface area contributed by atoms with E-state index in [0.29, 0.717) is 25.0 Å². The lowest BCUT2D eigenvalue weighted by Gasteiger charge is -2.12. The normalized spacial score (nSPS) is 21.8. The fraction of sp³-hybridized carbons (Fsp3) is 0.533. The highest BCUT2D eigenvalue weighted by Gasteiger charge is 2.22. The second kappa shape index (κ2) is 7.37. The van der Waals surface area contributed by atoms with Gasteiger partial charge in [-0.05, 0) is 25.8 Å². The van der Waals surface area contributed by atoms with Gasteiger partial charge in [0.2, 0.25) is 0 Å². The van der Waals surface area contributed by atoms with Crippen molar-refractivity contribution in [1.29, 1.82) is 0 Å². The van der Waals surface area contributed by atoms with Crippen molar-refractivity contribution < 1.29 is 9.47 Å². The standard InChI is InChI=1S/C15H18ClNO2/c1-12-5-6-14(19-12)11-18-15-8-13(9-17-10-15)4-2-3-7-16/h8-10,12,14H,3,5-7,11H2,1H3. The molecule has 0 amide bonds. The highest BCUT2D eigenvalue weighted by molar-refractivity contribution is 6.18. The zero-order valence-corrected chi connectivity index (χ0v) is 11.8. The molecule has 2 rings (SSSR count). The Bertz CT molecular complexity index is 467. The molecule has 0 N–H and O–H groups in total. The van der Waals surface area contributed by atoms with Crippen LogP contribution in [0, 0.1) is 11.8 Å². The molecule has 1 aliphatic heterocycles. The summed E-state index contributed by atoms with van der Waals surface area (Å²) in [5.41, 5.74) is 0.850. The third-order valence-corrected chi connectivity index (χ3v) is 3.11. The van der Waals surface area contributed by atoms with Crippen molar-refractivity contribution in [3.63, 3.8) is 0 Å². The van der Waals surface area contributed by atoms with Crippen LogP contribution in [0.1, 0.15) is 31.7 Å². The van der Waals surface area contributed by atoms with Crippen LogP contribution in [0.5, 0.6) is 5.75 Å². The second-order valence-corrected chi connectivity index (χ2v) is 4.99. The number of hydrogen-bond donors (Lipinski definition) is 0. The summed E-state index contributed by atoms with van der Waals surface area (Å²) in [4.78, 5) is 4.12. The van der Waals surface area contributed by atoms with Crippen LogP contribution in [0.15, 0.2) is 18.5 Å². The van der Waals surface area contributed by atoms with Crippen LogP contribution in [0.25, 0.3) is 0 Å². The third-order valence-electron chi connectivity index (χ3n) is 2.92. The van der Waals surface area contributed by atoms with Gasteiger partial charge in [-0.2, -0.15) is 0 Å². The quantitative estimate of drug-likeness (QED) is 0.627.